The number of hydrogen-bond donors (Lipinski definition) is 1. The molecule has 0 aliphatic rings. The van der Waals surface area contributed by atoms with Crippen LogP contribution in [0.3, 0.4) is 0 Å². The zero-order valence-electron chi connectivity index (χ0n) is 7.63. The molecule has 2 N–H and O–H groups in total. The third kappa shape index (κ3) is 2.16. The normalized spacial score (nSPS) is 12.6. The van der Waals surface area contributed by atoms with Gasteiger partial charge in [-0.2, -0.15) is 0 Å². The van der Waals surface area contributed by atoms with Crippen LogP contribution in [0.15, 0.2) is 36.0 Å². The third-order valence-electron chi connectivity index (χ3n) is 1.95. The Morgan fingerprint density at radius 2 is 2.21 bits per heavy atom. The molecule has 0 radical (unpaired) electrons. The molecule has 0 amide bonds. The van der Waals surface area contributed by atoms with E-state index >= 15 is 0 Å². The summed E-state index contributed by atoms with van der Waals surface area (Å²) in [4.78, 5) is 8.40. The largest absolute Gasteiger partial charge is 0.322 e. The molecule has 0 saturated carbocycles. The summed E-state index contributed by atoms with van der Waals surface area (Å²) in [5.41, 5.74) is 6.91. The lowest BCUT2D eigenvalue weighted by atomic mass is 10.1. The van der Waals surface area contributed by atoms with Crippen LogP contribution >= 0.6 is 11.3 Å². The van der Waals surface area contributed by atoms with E-state index < -0.39 is 0 Å². The number of aromatic nitrogens is 2. The van der Waals surface area contributed by atoms with Gasteiger partial charge in [0.15, 0.2) is 0 Å². The van der Waals surface area contributed by atoms with Gasteiger partial charge >= 0.3 is 0 Å². The van der Waals surface area contributed by atoms with Crippen LogP contribution in [0.4, 0.5) is 0 Å². The van der Waals surface area contributed by atoms with Gasteiger partial charge in [-0.15, -0.1) is 11.3 Å². The summed E-state index contributed by atoms with van der Waals surface area (Å²) in [6.45, 7) is 0. The molecule has 0 aliphatic carbocycles. The molecule has 72 valence electrons. The lowest BCUT2D eigenvalue weighted by Crippen LogP contribution is -2.14. The summed E-state index contributed by atoms with van der Waals surface area (Å²) in [5.74, 6) is 0. The van der Waals surface area contributed by atoms with Crippen LogP contribution in [-0.2, 0) is 6.42 Å². The first-order chi connectivity index (χ1) is 6.86. The van der Waals surface area contributed by atoms with Gasteiger partial charge < -0.3 is 5.73 Å². The lowest BCUT2D eigenvalue weighted by Gasteiger charge is -2.07. The smallest absolute Gasteiger partial charge is 0.0944 e. The van der Waals surface area contributed by atoms with E-state index in [0.29, 0.717) is 0 Å². The van der Waals surface area contributed by atoms with E-state index in [1.54, 1.807) is 23.7 Å². The average Bonchev–Trinajstić information content (AvgIpc) is 2.72. The van der Waals surface area contributed by atoms with Gasteiger partial charge in [0, 0.05) is 24.2 Å². The quantitative estimate of drug-likeness (QED) is 0.831. The maximum Gasteiger partial charge on any atom is 0.0944 e. The predicted molar refractivity (Wildman–Crippen MR) is 57.0 cm³/mol. The second kappa shape index (κ2) is 4.30. The summed E-state index contributed by atoms with van der Waals surface area (Å²) >= 11 is 1.63. The van der Waals surface area contributed by atoms with Crippen LogP contribution in [0.2, 0.25) is 0 Å². The molecule has 1 atom stereocenters. The molecule has 2 aromatic heterocycles. The minimum absolute atomic E-state index is 0.0534. The van der Waals surface area contributed by atoms with Crippen molar-refractivity contribution >= 4 is 11.3 Å². The first kappa shape index (κ1) is 9.30. The first-order valence-corrected chi connectivity index (χ1v) is 5.29. The van der Waals surface area contributed by atoms with E-state index in [0.717, 1.165) is 17.1 Å². The van der Waals surface area contributed by atoms with Crippen LogP contribution in [-0.4, -0.2) is 9.97 Å². The summed E-state index contributed by atoms with van der Waals surface area (Å²) in [5, 5.41) is 3.02. The van der Waals surface area contributed by atoms with Gasteiger partial charge in [-0.1, -0.05) is 6.07 Å². The van der Waals surface area contributed by atoms with Gasteiger partial charge in [-0.05, 0) is 12.1 Å². The van der Waals surface area contributed by atoms with Crippen molar-refractivity contribution < 1.29 is 0 Å². The Balaban J connectivity index is 2.07. The highest BCUT2D eigenvalue weighted by molar-refractivity contribution is 7.09. The Bertz CT molecular complexity index is 372. The van der Waals surface area contributed by atoms with Crippen LogP contribution in [0.25, 0.3) is 0 Å². The Hall–Kier alpha value is -1.26. The number of nitrogens with zero attached hydrogens (tertiary/aromatic N) is 2. The Morgan fingerprint density at radius 1 is 1.29 bits per heavy atom. The number of thiazole rings is 1. The molecular formula is C10H11N3S. The molecule has 2 heterocycles. The van der Waals surface area contributed by atoms with Gasteiger partial charge in [0.25, 0.3) is 0 Å². The Morgan fingerprint density at radius 3 is 2.86 bits per heavy atom. The highest BCUT2D eigenvalue weighted by Gasteiger charge is 2.08. The molecule has 2 rings (SSSR count). The summed E-state index contributed by atoms with van der Waals surface area (Å²) in [6, 6.07) is 5.73. The van der Waals surface area contributed by atoms with Gasteiger partial charge in [-0.3, -0.25) is 4.98 Å². The van der Waals surface area contributed by atoms with Crippen LogP contribution in [0, 0.1) is 0 Å². The number of nitrogens with two attached hydrogens (primary N) is 1. The minimum atomic E-state index is -0.0534. The van der Waals surface area contributed by atoms with Crippen molar-refractivity contribution in [3.05, 3.63) is 46.7 Å². The fraction of sp³-hybridized carbons (Fsp3) is 0.200. The van der Waals surface area contributed by atoms with Gasteiger partial charge in [0.05, 0.1) is 16.7 Å². The maximum absolute atomic E-state index is 5.99. The van der Waals surface area contributed by atoms with E-state index in [1.807, 2.05) is 23.6 Å². The minimum Gasteiger partial charge on any atom is -0.322 e. The average molecular weight is 205 g/mol. The number of pyridine rings is 1. The SMILES string of the molecule is NC(Cc1nccs1)c1ccccn1. The Labute approximate surface area is 86.6 Å². The first-order valence-electron chi connectivity index (χ1n) is 4.41. The number of hydrogen-bond acceptors (Lipinski definition) is 4. The fourth-order valence-corrected chi connectivity index (χ4v) is 1.92. The van der Waals surface area contributed by atoms with Gasteiger partial charge in [0.2, 0.25) is 0 Å². The van der Waals surface area contributed by atoms with E-state index in [4.69, 9.17) is 5.73 Å². The van der Waals surface area contributed by atoms with Gasteiger partial charge in [-0.25, -0.2) is 4.98 Å². The van der Waals surface area contributed by atoms with E-state index in [-0.39, 0.29) is 6.04 Å². The lowest BCUT2D eigenvalue weighted by molar-refractivity contribution is 0.693. The van der Waals surface area contributed by atoms with Crippen LogP contribution in [0.1, 0.15) is 16.7 Å². The summed E-state index contributed by atoms with van der Waals surface area (Å²) in [7, 11) is 0. The standard InChI is InChI=1S/C10H11N3S/c11-8(7-10-13-5-6-14-10)9-3-1-2-4-12-9/h1-6,8H,7,11H2. The Kier molecular flexibility index (Phi) is 2.86. The highest BCUT2D eigenvalue weighted by Crippen LogP contribution is 2.14. The van der Waals surface area contributed by atoms with Crippen LogP contribution in [0.5, 0.6) is 0 Å². The molecule has 2 aromatic rings. The molecule has 0 saturated heterocycles. The maximum atomic E-state index is 5.99. The van der Waals surface area contributed by atoms with Gasteiger partial charge in [0.1, 0.15) is 0 Å². The van der Waals surface area contributed by atoms with Crippen molar-refractivity contribution in [3.8, 4) is 0 Å². The molecule has 0 fully saturated rings. The second-order valence-electron chi connectivity index (χ2n) is 2.99. The third-order valence-corrected chi connectivity index (χ3v) is 2.75. The van der Waals surface area contributed by atoms with Crippen LogP contribution < -0.4 is 5.73 Å². The van der Waals surface area contributed by atoms with Crippen molar-refractivity contribution in [1.82, 2.24) is 9.97 Å². The second-order valence-corrected chi connectivity index (χ2v) is 3.97. The molecular weight excluding hydrogens is 194 g/mol. The van der Waals surface area contributed by atoms with E-state index in [2.05, 4.69) is 9.97 Å². The summed E-state index contributed by atoms with van der Waals surface area (Å²) < 4.78 is 0. The zero-order valence-corrected chi connectivity index (χ0v) is 8.45. The topological polar surface area (TPSA) is 51.8 Å². The van der Waals surface area contributed by atoms with Crippen molar-refractivity contribution in [1.29, 1.82) is 0 Å². The monoisotopic (exact) mass is 205 g/mol. The van der Waals surface area contributed by atoms with Crippen molar-refractivity contribution in [2.24, 2.45) is 5.73 Å². The molecule has 0 bridgehead atoms. The van der Waals surface area contributed by atoms with E-state index in [1.165, 1.54) is 0 Å². The van der Waals surface area contributed by atoms with E-state index in [9.17, 15) is 0 Å². The summed E-state index contributed by atoms with van der Waals surface area (Å²) in [6.07, 6.45) is 4.32. The molecule has 14 heavy (non-hydrogen) atoms. The molecule has 4 heteroatoms. The van der Waals surface area contributed by atoms with Crippen molar-refractivity contribution in [3.63, 3.8) is 0 Å². The zero-order chi connectivity index (χ0) is 9.80. The molecule has 3 nitrogen and oxygen atoms in total. The highest BCUT2D eigenvalue weighted by atomic mass is 32.1. The molecule has 1 unspecified atom stereocenters. The fourth-order valence-electron chi connectivity index (χ4n) is 1.24. The molecule has 0 aliphatic heterocycles. The molecule has 0 spiro atoms. The van der Waals surface area contributed by atoms with Crippen molar-refractivity contribution in [2.75, 3.05) is 0 Å². The predicted octanol–water partition coefficient (Wildman–Crippen LogP) is 1.78. The number of rotatable bonds is 3. The van der Waals surface area contributed by atoms with Crippen molar-refractivity contribution in [2.45, 2.75) is 12.5 Å². The molecule has 0 aromatic carbocycles.